The molecule has 0 heterocycles. The largest absolute Gasteiger partial charge is 0.449 e. The fourth-order valence-electron chi connectivity index (χ4n) is 1.73. The Morgan fingerprint density at radius 2 is 1.76 bits per heavy atom. The van der Waals surface area contributed by atoms with Crippen LogP contribution in [0.5, 0.6) is 0 Å². The van der Waals surface area contributed by atoms with E-state index in [1.54, 1.807) is 13.8 Å². The van der Waals surface area contributed by atoms with E-state index in [0.29, 0.717) is 0 Å². The molecule has 1 aromatic rings. The zero-order valence-electron chi connectivity index (χ0n) is 14.3. The highest BCUT2D eigenvalue weighted by molar-refractivity contribution is 7.89. The Balaban J connectivity index is 2.88. The van der Waals surface area contributed by atoms with E-state index in [9.17, 15) is 22.8 Å². The molecule has 0 aliphatic heterocycles. The third-order valence-corrected chi connectivity index (χ3v) is 4.54. The molecule has 3 N–H and O–H groups in total. The van der Waals surface area contributed by atoms with Gasteiger partial charge in [-0.25, -0.2) is 22.7 Å². The molecule has 9 nitrogen and oxygen atoms in total. The van der Waals surface area contributed by atoms with Gasteiger partial charge in [0.15, 0.2) is 6.10 Å². The van der Waals surface area contributed by atoms with Crippen LogP contribution in [0.2, 0.25) is 0 Å². The number of esters is 1. The van der Waals surface area contributed by atoms with Gasteiger partial charge in [0, 0.05) is 13.1 Å². The SMILES string of the molecule is CNC(=O)NC(=O)[C@H](C)OC(=O)c1cccc(S(=O)(=O)NC(C)C)c1. The predicted molar refractivity (Wildman–Crippen MR) is 89.4 cm³/mol. The summed E-state index contributed by atoms with van der Waals surface area (Å²) in [6, 6.07) is 4.19. The molecule has 1 aromatic carbocycles. The number of carbonyl (C=O) groups is 3. The number of hydrogen-bond donors (Lipinski definition) is 3. The van der Waals surface area contributed by atoms with Gasteiger partial charge in [0.2, 0.25) is 10.0 Å². The van der Waals surface area contributed by atoms with E-state index >= 15 is 0 Å². The van der Waals surface area contributed by atoms with E-state index in [1.807, 2.05) is 5.32 Å². The van der Waals surface area contributed by atoms with Crippen LogP contribution in [-0.2, 0) is 19.6 Å². The third kappa shape index (κ3) is 6.16. The van der Waals surface area contributed by atoms with Gasteiger partial charge < -0.3 is 10.1 Å². The molecule has 0 aliphatic rings. The smallest absolute Gasteiger partial charge is 0.338 e. The number of sulfonamides is 1. The number of benzene rings is 1. The van der Waals surface area contributed by atoms with Crippen LogP contribution in [0.25, 0.3) is 0 Å². The van der Waals surface area contributed by atoms with E-state index in [0.717, 1.165) is 6.07 Å². The van der Waals surface area contributed by atoms with Crippen LogP contribution in [0.3, 0.4) is 0 Å². The van der Waals surface area contributed by atoms with Crippen molar-refractivity contribution in [2.75, 3.05) is 7.05 Å². The van der Waals surface area contributed by atoms with Crippen molar-refractivity contribution in [1.82, 2.24) is 15.4 Å². The Kier molecular flexibility index (Phi) is 7.07. The monoisotopic (exact) mass is 371 g/mol. The van der Waals surface area contributed by atoms with Crippen molar-refractivity contribution in [1.29, 1.82) is 0 Å². The fourth-order valence-corrected chi connectivity index (χ4v) is 3.02. The maximum Gasteiger partial charge on any atom is 0.338 e. The number of rotatable bonds is 6. The average Bonchev–Trinajstić information content (AvgIpc) is 2.53. The second-order valence-corrected chi connectivity index (χ2v) is 7.13. The fraction of sp³-hybridized carbons (Fsp3) is 0.400. The molecule has 25 heavy (non-hydrogen) atoms. The molecule has 1 rings (SSSR count). The number of ether oxygens (including phenoxy) is 1. The topological polar surface area (TPSA) is 131 Å². The Bertz CT molecular complexity index is 760. The lowest BCUT2D eigenvalue weighted by molar-refractivity contribution is -0.127. The minimum absolute atomic E-state index is 0.0359. The first-order chi connectivity index (χ1) is 11.6. The molecule has 0 aliphatic carbocycles. The molecule has 0 spiro atoms. The van der Waals surface area contributed by atoms with E-state index in [4.69, 9.17) is 4.74 Å². The van der Waals surface area contributed by atoms with Crippen molar-refractivity contribution >= 4 is 27.9 Å². The third-order valence-electron chi connectivity index (χ3n) is 2.89. The summed E-state index contributed by atoms with van der Waals surface area (Å²) in [5.74, 6) is -1.70. The first-order valence-electron chi connectivity index (χ1n) is 7.42. The lowest BCUT2D eigenvalue weighted by Crippen LogP contribution is -2.43. The predicted octanol–water partition coefficient (Wildman–Crippen LogP) is 0.374. The van der Waals surface area contributed by atoms with Crippen LogP contribution in [0.1, 0.15) is 31.1 Å². The second kappa shape index (κ2) is 8.58. The average molecular weight is 371 g/mol. The lowest BCUT2D eigenvalue weighted by Gasteiger charge is -2.13. The van der Waals surface area contributed by atoms with Crippen molar-refractivity contribution in [2.45, 2.75) is 37.8 Å². The van der Waals surface area contributed by atoms with E-state index < -0.39 is 34.0 Å². The quantitative estimate of drug-likeness (QED) is 0.620. The van der Waals surface area contributed by atoms with E-state index in [1.165, 1.54) is 32.2 Å². The Labute approximate surface area is 146 Å². The van der Waals surface area contributed by atoms with E-state index in [-0.39, 0.29) is 16.5 Å². The summed E-state index contributed by atoms with van der Waals surface area (Å²) >= 11 is 0. The summed E-state index contributed by atoms with van der Waals surface area (Å²) in [7, 11) is -2.44. The number of hydrogen-bond acceptors (Lipinski definition) is 6. The summed E-state index contributed by atoms with van der Waals surface area (Å²) in [5.41, 5.74) is -0.0359. The first kappa shape index (κ1) is 20.6. The lowest BCUT2D eigenvalue weighted by atomic mass is 10.2. The van der Waals surface area contributed by atoms with Crippen LogP contribution in [0, 0.1) is 0 Å². The van der Waals surface area contributed by atoms with Crippen molar-refractivity contribution < 1.29 is 27.5 Å². The highest BCUT2D eigenvalue weighted by atomic mass is 32.2. The molecule has 0 fully saturated rings. The Hall–Kier alpha value is -2.46. The molecule has 0 saturated carbocycles. The molecule has 138 valence electrons. The minimum atomic E-state index is -3.77. The molecule has 1 atom stereocenters. The molecule has 0 aromatic heterocycles. The van der Waals surface area contributed by atoms with Gasteiger partial charge in [0.25, 0.3) is 5.91 Å². The van der Waals surface area contributed by atoms with Crippen molar-refractivity contribution in [3.63, 3.8) is 0 Å². The summed E-state index contributed by atoms with van der Waals surface area (Å²) in [6.07, 6.45) is -1.24. The summed E-state index contributed by atoms with van der Waals surface area (Å²) < 4.78 is 31.6. The number of urea groups is 1. The van der Waals surface area contributed by atoms with Crippen LogP contribution in [0.4, 0.5) is 4.79 Å². The standard InChI is InChI=1S/C15H21N3O6S/c1-9(2)18-25(22,23)12-7-5-6-11(8-12)14(20)24-10(3)13(19)17-15(21)16-4/h5-10,18H,1-4H3,(H2,16,17,19,21)/t10-/m0/s1. The first-order valence-corrected chi connectivity index (χ1v) is 8.91. The van der Waals surface area contributed by atoms with E-state index in [2.05, 4.69) is 10.0 Å². The van der Waals surface area contributed by atoms with Crippen molar-refractivity contribution in [2.24, 2.45) is 0 Å². The van der Waals surface area contributed by atoms with Crippen LogP contribution in [0.15, 0.2) is 29.2 Å². The highest BCUT2D eigenvalue weighted by Crippen LogP contribution is 2.13. The van der Waals surface area contributed by atoms with Gasteiger partial charge in [-0.05, 0) is 39.0 Å². The van der Waals surface area contributed by atoms with Gasteiger partial charge in [-0.3, -0.25) is 10.1 Å². The highest BCUT2D eigenvalue weighted by Gasteiger charge is 2.22. The number of carbonyl (C=O) groups excluding carboxylic acids is 3. The summed E-state index contributed by atoms with van der Waals surface area (Å²) in [5, 5.41) is 4.16. The van der Waals surface area contributed by atoms with Crippen LogP contribution in [-0.4, -0.2) is 45.5 Å². The molecule has 0 unspecified atom stereocenters. The molecule has 0 bridgehead atoms. The normalized spacial score (nSPS) is 12.4. The summed E-state index contributed by atoms with van der Waals surface area (Å²) in [6.45, 7) is 4.63. The number of amides is 3. The molecule has 0 saturated heterocycles. The molecular weight excluding hydrogens is 350 g/mol. The number of imide groups is 1. The second-order valence-electron chi connectivity index (χ2n) is 5.42. The Morgan fingerprint density at radius 3 is 2.32 bits per heavy atom. The van der Waals surface area contributed by atoms with Gasteiger partial charge in [-0.15, -0.1) is 0 Å². The van der Waals surface area contributed by atoms with Crippen molar-refractivity contribution in [3.8, 4) is 0 Å². The van der Waals surface area contributed by atoms with Gasteiger partial charge in [0.05, 0.1) is 10.5 Å². The maximum absolute atomic E-state index is 12.1. The number of nitrogens with one attached hydrogen (secondary N) is 3. The summed E-state index contributed by atoms with van der Waals surface area (Å²) in [4.78, 5) is 34.7. The van der Waals surface area contributed by atoms with Gasteiger partial charge in [-0.1, -0.05) is 6.07 Å². The van der Waals surface area contributed by atoms with Gasteiger partial charge in [-0.2, -0.15) is 0 Å². The van der Waals surface area contributed by atoms with Gasteiger partial charge in [0.1, 0.15) is 0 Å². The zero-order valence-corrected chi connectivity index (χ0v) is 15.1. The van der Waals surface area contributed by atoms with Gasteiger partial charge >= 0.3 is 12.0 Å². The van der Waals surface area contributed by atoms with Crippen LogP contribution < -0.4 is 15.4 Å². The Morgan fingerprint density at radius 1 is 1.12 bits per heavy atom. The molecule has 10 heteroatoms. The maximum atomic E-state index is 12.1. The van der Waals surface area contributed by atoms with Crippen LogP contribution >= 0.6 is 0 Å². The zero-order chi connectivity index (χ0) is 19.2. The minimum Gasteiger partial charge on any atom is -0.449 e. The molecule has 0 radical (unpaired) electrons. The van der Waals surface area contributed by atoms with Crippen molar-refractivity contribution in [3.05, 3.63) is 29.8 Å². The molecular formula is C15H21N3O6S. The molecule has 3 amide bonds.